The fourth-order valence-corrected chi connectivity index (χ4v) is 7.62. The highest BCUT2D eigenvalue weighted by molar-refractivity contribution is 7.17. The Morgan fingerprint density at radius 1 is 0.824 bits per heavy atom. The van der Waals surface area contributed by atoms with Crippen LogP contribution in [0.15, 0.2) is 0 Å². The zero-order chi connectivity index (χ0) is 24.2. The number of amides is 2. The number of rotatable bonds is 7. The Kier molecular flexibility index (Phi) is 7.70. The van der Waals surface area contributed by atoms with E-state index in [0.717, 1.165) is 49.7 Å². The number of nitrogens with one attached hydrogen (secondary N) is 2. The third-order valence-corrected chi connectivity index (χ3v) is 9.15. The van der Waals surface area contributed by atoms with Gasteiger partial charge in [-0.2, -0.15) is 10.5 Å². The second kappa shape index (κ2) is 10.7. The van der Waals surface area contributed by atoms with Gasteiger partial charge >= 0.3 is 0 Å². The van der Waals surface area contributed by atoms with E-state index in [-0.39, 0.29) is 11.8 Å². The molecule has 2 aromatic rings. The molecule has 0 aliphatic heterocycles. The lowest BCUT2D eigenvalue weighted by molar-refractivity contribution is -0.118. The Morgan fingerprint density at radius 2 is 1.24 bits per heavy atom. The summed E-state index contributed by atoms with van der Waals surface area (Å²) in [4.78, 5) is 27.4. The molecule has 0 aromatic carbocycles. The van der Waals surface area contributed by atoms with Crippen molar-refractivity contribution in [2.75, 3.05) is 10.6 Å². The molecule has 0 radical (unpaired) electrons. The van der Waals surface area contributed by atoms with Crippen LogP contribution in [0.3, 0.4) is 0 Å². The monoisotopic (exact) mass is 494 g/mol. The highest BCUT2D eigenvalue weighted by atomic mass is 32.1. The normalized spacial score (nSPS) is 18.8. The van der Waals surface area contributed by atoms with Gasteiger partial charge in [-0.25, -0.2) is 0 Å². The third kappa shape index (κ3) is 5.35. The van der Waals surface area contributed by atoms with Crippen LogP contribution in [-0.2, 0) is 35.3 Å². The van der Waals surface area contributed by atoms with Gasteiger partial charge in [0.25, 0.3) is 0 Å². The molecule has 2 aromatic heterocycles. The Labute approximate surface area is 209 Å². The summed E-state index contributed by atoms with van der Waals surface area (Å²) in [6, 6.07) is 4.56. The zero-order valence-electron chi connectivity index (χ0n) is 19.8. The fourth-order valence-electron chi connectivity index (χ4n) is 4.86. The topological polar surface area (TPSA) is 106 Å². The van der Waals surface area contributed by atoms with Gasteiger partial charge in [0.2, 0.25) is 11.8 Å². The average Bonchev–Trinajstić information content (AvgIpc) is 3.31. The quantitative estimate of drug-likeness (QED) is 0.465. The molecule has 8 heteroatoms. The number of nitriles is 2. The van der Waals surface area contributed by atoms with Gasteiger partial charge in [-0.05, 0) is 74.3 Å². The summed E-state index contributed by atoms with van der Waals surface area (Å²) in [5, 5.41) is 26.4. The number of fused-ring (bicyclic) bond motifs is 2. The molecule has 178 valence electrons. The van der Waals surface area contributed by atoms with Gasteiger partial charge in [-0.3, -0.25) is 9.59 Å². The van der Waals surface area contributed by atoms with Crippen molar-refractivity contribution in [3.8, 4) is 12.1 Å². The van der Waals surface area contributed by atoms with Crippen molar-refractivity contribution in [2.45, 2.75) is 78.1 Å². The Morgan fingerprint density at radius 3 is 1.62 bits per heavy atom. The molecule has 2 aliphatic carbocycles. The van der Waals surface area contributed by atoms with Crippen molar-refractivity contribution in [3.05, 3.63) is 32.0 Å². The highest BCUT2D eigenvalue weighted by Crippen LogP contribution is 2.40. The molecule has 4 rings (SSSR count). The summed E-state index contributed by atoms with van der Waals surface area (Å²) in [7, 11) is 0. The van der Waals surface area contributed by atoms with E-state index in [9.17, 15) is 20.1 Å². The number of thiophene rings is 2. The van der Waals surface area contributed by atoms with E-state index in [2.05, 4.69) is 36.6 Å². The summed E-state index contributed by atoms with van der Waals surface area (Å²) in [6.07, 6.45) is 7.71. The first-order chi connectivity index (χ1) is 16.4. The van der Waals surface area contributed by atoms with Crippen molar-refractivity contribution in [2.24, 2.45) is 11.8 Å². The van der Waals surface area contributed by atoms with Gasteiger partial charge in [-0.1, -0.05) is 13.8 Å². The van der Waals surface area contributed by atoms with Crippen LogP contribution in [0.25, 0.3) is 0 Å². The van der Waals surface area contributed by atoms with Crippen LogP contribution in [0.4, 0.5) is 10.0 Å². The molecule has 2 N–H and O–H groups in total. The van der Waals surface area contributed by atoms with E-state index in [0.29, 0.717) is 58.6 Å². The van der Waals surface area contributed by atoms with Gasteiger partial charge in [0, 0.05) is 22.6 Å². The first-order valence-corrected chi connectivity index (χ1v) is 13.7. The second-order valence-electron chi connectivity index (χ2n) is 9.64. The average molecular weight is 495 g/mol. The van der Waals surface area contributed by atoms with E-state index < -0.39 is 0 Å². The Bertz CT molecular complexity index is 1090. The Balaban J connectivity index is 1.25. The first kappa shape index (κ1) is 24.4. The van der Waals surface area contributed by atoms with E-state index >= 15 is 0 Å². The lowest BCUT2D eigenvalue weighted by atomic mass is 9.88. The molecule has 2 amide bonds. The van der Waals surface area contributed by atoms with Crippen LogP contribution < -0.4 is 10.6 Å². The minimum atomic E-state index is -0.115. The van der Waals surface area contributed by atoms with Gasteiger partial charge in [0.15, 0.2) is 0 Å². The summed E-state index contributed by atoms with van der Waals surface area (Å²) >= 11 is 3.07. The first-order valence-electron chi connectivity index (χ1n) is 12.1. The second-order valence-corrected chi connectivity index (χ2v) is 11.8. The van der Waals surface area contributed by atoms with Crippen molar-refractivity contribution in [1.29, 1.82) is 10.5 Å². The number of anilines is 2. The van der Waals surface area contributed by atoms with Crippen LogP contribution in [0.1, 0.15) is 84.4 Å². The van der Waals surface area contributed by atoms with E-state index in [4.69, 9.17) is 0 Å². The predicted octanol–water partition coefficient (Wildman–Crippen LogP) is 5.94. The Hall–Kier alpha value is -2.68. The third-order valence-electron chi connectivity index (χ3n) is 6.81. The molecule has 6 nitrogen and oxygen atoms in total. The van der Waals surface area contributed by atoms with Gasteiger partial charge in [0.05, 0.1) is 11.1 Å². The van der Waals surface area contributed by atoms with Crippen molar-refractivity contribution >= 4 is 44.5 Å². The minimum Gasteiger partial charge on any atom is -0.317 e. The molecule has 0 bridgehead atoms. The number of carbonyl (C=O) groups excluding carboxylic acids is 2. The largest absolute Gasteiger partial charge is 0.317 e. The molecule has 2 aliphatic rings. The summed E-state index contributed by atoms with van der Waals surface area (Å²) in [5.41, 5.74) is 3.47. The van der Waals surface area contributed by atoms with E-state index in [1.165, 1.54) is 32.4 Å². The summed E-state index contributed by atoms with van der Waals surface area (Å²) in [5.74, 6) is 0.991. The fraction of sp³-hybridized carbons (Fsp3) is 0.538. The van der Waals surface area contributed by atoms with Gasteiger partial charge in [-0.15, -0.1) is 22.7 Å². The number of hydrogen-bond donors (Lipinski definition) is 2. The smallest absolute Gasteiger partial charge is 0.225 e. The molecule has 2 unspecified atom stereocenters. The molecule has 0 saturated heterocycles. The van der Waals surface area contributed by atoms with Crippen LogP contribution in [-0.4, -0.2) is 11.8 Å². The molecular weight excluding hydrogens is 464 g/mol. The predicted molar refractivity (Wildman–Crippen MR) is 136 cm³/mol. The molecule has 2 atom stereocenters. The molecular formula is C26H30N4O2S2. The minimum absolute atomic E-state index is 0.115. The molecule has 0 fully saturated rings. The number of hydrogen-bond acceptors (Lipinski definition) is 6. The molecule has 0 saturated carbocycles. The lowest BCUT2D eigenvalue weighted by Crippen LogP contribution is -2.13. The van der Waals surface area contributed by atoms with Crippen molar-refractivity contribution in [3.63, 3.8) is 0 Å². The summed E-state index contributed by atoms with van der Waals surface area (Å²) in [6.45, 7) is 4.44. The van der Waals surface area contributed by atoms with Crippen LogP contribution in [0.2, 0.25) is 0 Å². The van der Waals surface area contributed by atoms with E-state index in [1.807, 2.05) is 0 Å². The van der Waals surface area contributed by atoms with Crippen molar-refractivity contribution in [1.82, 2.24) is 0 Å². The highest BCUT2D eigenvalue weighted by Gasteiger charge is 2.26. The summed E-state index contributed by atoms with van der Waals surface area (Å²) < 4.78 is 0. The SMILES string of the molecule is CC1CCc2c(sc(NC(=O)CCCCC(=O)Nc3sc4c(c3C#N)CCC(C)C4)c2C#N)C1. The maximum atomic E-state index is 12.5. The van der Waals surface area contributed by atoms with Crippen LogP contribution in [0.5, 0.6) is 0 Å². The van der Waals surface area contributed by atoms with Crippen molar-refractivity contribution < 1.29 is 9.59 Å². The zero-order valence-corrected chi connectivity index (χ0v) is 21.4. The molecule has 2 heterocycles. The number of carbonyl (C=O) groups is 2. The standard InChI is InChI=1S/C26H30N4O2S2/c1-15-7-9-17-19(13-27)25(33-21(17)11-15)29-23(31)5-3-4-6-24(32)30-26-20(14-28)18-10-8-16(2)12-22(18)34-26/h15-16H,3-12H2,1-2H3,(H,29,31)(H,30,32). The van der Waals surface area contributed by atoms with Gasteiger partial charge < -0.3 is 10.6 Å². The molecule has 0 spiro atoms. The lowest BCUT2D eigenvalue weighted by Gasteiger charge is -2.17. The maximum Gasteiger partial charge on any atom is 0.225 e. The van der Waals surface area contributed by atoms with Gasteiger partial charge in [0.1, 0.15) is 22.1 Å². The van der Waals surface area contributed by atoms with Crippen LogP contribution in [0, 0.1) is 34.5 Å². The van der Waals surface area contributed by atoms with Crippen LogP contribution >= 0.6 is 22.7 Å². The molecule has 34 heavy (non-hydrogen) atoms. The number of unbranched alkanes of at least 4 members (excludes halogenated alkanes) is 1. The van der Waals surface area contributed by atoms with E-state index in [1.54, 1.807) is 0 Å². The number of nitrogens with zero attached hydrogens (tertiary/aromatic N) is 2. The maximum absolute atomic E-state index is 12.5.